The van der Waals surface area contributed by atoms with E-state index in [2.05, 4.69) is 29.6 Å². The Morgan fingerprint density at radius 3 is 2.60 bits per heavy atom. The first-order chi connectivity index (χ1) is 12.0. The molecule has 0 fully saturated rings. The van der Waals surface area contributed by atoms with Gasteiger partial charge in [-0.3, -0.25) is 14.9 Å². The Kier molecular flexibility index (Phi) is 6.82. The molecule has 7 heteroatoms. The van der Waals surface area contributed by atoms with E-state index >= 15 is 0 Å². The van der Waals surface area contributed by atoms with E-state index in [1.54, 1.807) is 11.8 Å². The van der Waals surface area contributed by atoms with Crippen molar-refractivity contribution < 1.29 is 14.5 Å². The number of methoxy groups -OCH3 is 1. The second kappa shape index (κ2) is 9.08. The van der Waals surface area contributed by atoms with Crippen LogP contribution >= 0.6 is 11.8 Å². The number of anilines is 1. The summed E-state index contributed by atoms with van der Waals surface area (Å²) in [5.74, 6) is 0.974. The van der Waals surface area contributed by atoms with E-state index in [1.807, 2.05) is 6.92 Å². The molecule has 0 aliphatic carbocycles. The molecule has 132 valence electrons. The van der Waals surface area contributed by atoms with Gasteiger partial charge in [-0.15, -0.1) is 11.8 Å². The Bertz CT molecular complexity index is 747. The van der Waals surface area contributed by atoms with E-state index in [0.717, 1.165) is 12.2 Å². The zero-order valence-electron chi connectivity index (χ0n) is 14.2. The highest BCUT2D eigenvalue weighted by Gasteiger charge is 2.13. The lowest BCUT2D eigenvalue weighted by Gasteiger charge is -2.10. The summed E-state index contributed by atoms with van der Waals surface area (Å²) in [5, 5.41) is 13.5. The zero-order chi connectivity index (χ0) is 18.2. The molecule has 0 aromatic heterocycles. The number of carbonyl (C=O) groups is 1. The van der Waals surface area contributed by atoms with Crippen molar-refractivity contribution in [3.8, 4) is 5.75 Å². The molecule has 0 aliphatic rings. The van der Waals surface area contributed by atoms with Gasteiger partial charge < -0.3 is 10.1 Å². The molecule has 1 amide bonds. The first kappa shape index (κ1) is 18.8. The maximum Gasteiger partial charge on any atom is 0.273 e. The summed E-state index contributed by atoms with van der Waals surface area (Å²) in [6.07, 6.45) is 1.11. The summed E-state index contributed by atoms with van der Waals surface area (Å²) >= 11 is 1.71. The molecule has 2 rings (SSSR count). The topological polar surface area (TPSA) is 81.5 Å². The fraction of sp³-hybridized carbons (Fsp3) is 0.278. The summed E-state index contributed by atoms with van der Waals surface area (Å²) in [6, 6.07) is 12.4. The molecular formula is C18H20N2O4S. The van der Waals surface area contributed by atoms with Gasteiger partial charge in [0.1, 0.15) is 5.75 Å². The quantitative estimate of drug-likeness (QED) is 0.326. The van der Waals surface area contributed by atoms with Gasteiger partial charge in [0, 0.05) is 17.4 Å². The van der Waals surface area contributed by atoms with Crippen molar-refractivity contribution in [2.24, 2.45) is 0 Å². The third-order valence-electron chi connectivity index (χ3n) is 3.51. The van der Waals surface area contributed by atoms with Gasteiger partial charge in [-0.05, 0) is 37.3 Å². The normalized spacial score (nSPS) is 10.3. The number of carbonyl (C=O) groups excluding carboxylic acids is 1. The van der Waals surface area contributed by atoms with Gasteiger partial charge in [0.05, 0.1) is 23.8 Å². The lowest BCUT2D eigenvalue weighted by Crippen LogP contribution is -2.12. The number of ether oxygens (including phenoxy) is 1. The number of nitrogens with one attached hydrogen (secondary N) is 1. The average Bonchev–Trinajstić information content (AvgIpc) is 2.60. The van der Waals surface area contributed by atoms with Crippen LogP contribution in [0.3, 0.4) is 0 Å². The molecule has 2 aromatic carbocycles. The van der Waals surface area contributed by atoms with E-state index in [-0.39, 0.29) is 17.3 Å². The number of thioether (sulfide) groups is 1. The van der Waals surface area contributed by atoms with Crippen LogP contribution in [0.2, 0.25) is 0 Å². The van der Waals surface area contributed by atoms with Crippen molar-refractivity contribution in [1.82, 2.24) is 0 Å². The van der Waals surface area contributed by atoms with Crippen LogP contribution in [-0.4, -0.2) is 23.7 Å². The number of amides is 1. The summed E-state index contributed by atoms with van der Waals surface area (Å²) in [7, 11) is 1.41. The van der Waals surface area contributed by atoms with Crippen molar-refractivity contribution in [3.05, 3.63) is 58.1 Å². The minimum Gasteiger partial charge on any atom is -0.494 e. The van der Waals surface area contributed by atoms with Crippen LogP contribution in [0.15, 0.2) is 47.4 Å². The number of rotatable bonds is 8. The van der Waals surface area contributed by atoms with Crippen LogP contribution in [0.5, 0.6) is 5.75 Å². The van der Waals surface area contributed by atoms with Crippen molar-refractivity contribution in [2.45, 2.75) is 24.7 Å². The molecule has 6 nitrogen and oxygen atoms in total. The van der Waals surface area contributed by atoms with Crippen LogP contribution in [0.25, 0.3) is 0 Å². The van der Waals surface area contributed by atoms with Gasteiger partial charge in [-0.1, -0.05) is 17.7 Å². The number of nitro benzene ring substituents is 1. The summed E-state index contributed by atoms with van der Waals surface area (Å²) in [6.45, 7) is 2.05. The Balaban J connectivity index is 1.81. The summed E-state index contributed by atoms with van der Waals surface area (Å²) in [5.41, 5.74) is 1.58. The Hall–Kier alpha value is -2.54. The third kappa shape index (κ3) is 5.79. The largest absolute Gasteiger partial charge is 0.494 e. The van der Waals surface area contributed by atoms with Crippen LogP contribution in [0, 0.1) is 17.0 Å². The Morgan fingerprint density at radius 1 is 1.24 bits per heavy atom. The van der Waals surface area contributed by atoms with Gasteiger partial charge in [0.15, 0.2) is 0 Å². The monoisotopic (exact) mass is 360 g/mol. The van der Waals surface area contributed by atoms with Gasteiger partial charge in [0.2, 0.25) is 5.91 Å². The van der Waals surface area contributed by atoms with E-state index in [4.69, 9.17) is 4.74 Å². The van der Waals surface area contributed by atoms with Crippen LogP contribution < -0.4 is 10.1 Å². The number of aryl methyl sites for hydroxylation is 1. The summed E-state index contributed by atoms with van der Waals surface area (Å²) in [4.78, 5) is 23.5. The highest BCUT2D eigenvalue weighted by molar-refractivity contribution is 7.99. The second-order valence-electron chi connectivity index (χ2n) is 5.45. The first-order valence-corrected chi connectivity index (χ1v) is 8.80. The predicted molar refractivity (Wildman–Crippen MR) is 99.4 cm³/mol. The number of non-ortho nitro benzene ring substituents is 1. The molecule has 0 unspecified atom stereocenters. The molecule has 0 heterocycles. The lowest BCUT2D eigenvalue weighted by atomic mass is 10.2. The number of hydrogen-bond acceptors (Lipinski definition) is 5. The SMILES string of the molecule is COc1cc([N+](=O)[O-])ccc1NC(=O)CCCSc1ccc(C)cc1. The summed E-state index contributed by atoms with van der Waals surface area (Å²) < 4.78 is 5.11. The zero-order valence-corrected chi connectivity index (χ0v) is 15.0. The molecule has 0 saturated carbocycles. The van der Waals surface area contributed by atoms with E-state index in [0.29, 0.717) is 12.1 Å². The van der Waals surface area contributed by atoms with Crippen molar-refractivity contribution in [3.63, 3.8) is 0 Å². The first-order valence-electron chi connectivity index (χ1n) is 7.81. The lowest BCUT2D eigenvalue weighted by molar-refractivity contribution is -0.384. The maximum atomic E-state index is 12.0. The van der Waals surface area contributed by atoms with E-state index in [9.17, 15) is 14.9 Å². The molecule has 0 aliphatic heterocycles. The molecule has 0 saturated heterocycles. The van der Waals surface area contributed by atoms with E-state index in [1.165, 1.54) is 35.8 Å². The van der Waals surface area contributed by atoms with Crippen molar-refractivity contribution >= 4 is 29.0 Å². The van der Waals surface area contributed by atoms with Crippen molar-refractivity contribution in [1.29, 1.82) is 0 Å². The van der Waals surface area contributed by atoms with Crippen LogP contribution in [0.4, 0.5) is 11.4 Å². The second-order valence-corrected chi connectivity index (χ2v) is 6.62. The Morgan fingerprint density at radius 2 is 1.96 bits per heavy atom. The fourth-order valence-electron chi connectivity index (χ4n) is 2.17. The predicted octanol–water partition coefficient (Wildman–Crippen LogP) is 4.42. The van der Waals surface area contributed by atoms with Gasteiger partial charge in [0.25, 0.3) is 5.69 Å². The minimum atomic E-state index is -0.504. The van der Waals surface area contributed by atoms with Crippen molar-refractivity contribution in [2.75, 3.05) is 18.2 Å². The molecule has 0 atom stereocenters. The average molecular weight is 360 g/mol. The molecule has 2 aromatic rings. The third-order valence-corrected chi connectivity index (χ3v) is 4.61. The fourth-order valence-corrected chi connectivity index (χ4v) is 3.02. The Labute approximate surface area is 150 Å². The molecule has 0 spiro atoms. The highest BCUT2D eigenvalue weighted by atomic mass is 32.2. The molecule has 1 N–H and O–H groups in total. The molecule has 0 radical (unpaired) electrons. The number of benzene rings is 2. The molecular weight excluding hydrogens is 340 g/mol. The van der Waals surface area contributed by atoms with Gasteiger partial charge >= 0.3 is 0 Å². The van der Waals surface area contributed by atoms with Gasteiger partial charge in [-0.25, -0.2) is 0 Å². The molecule has 0 bridgehead atoms. The number of nitrogens with zero attached hydrogens (tertiary/aromatic N) is 1. The maximum absolute atomic E-state index is 12.0. The smallest absolute Gasteiger partial charge is 0.273 e. The van der Waals surface area contributed by atoms with Crippen LogP contribution in [-0.2, 0) is 4.79 Å². The number of nitro groups is 1. The number of hydrogen-bond donors (Lipinski definition) is 1. The van der Waals surface area contributed by atoms with E-state index < -0.39 is 4.92 Å². The minimum absolute atomic E-state index is 0.0793. The van der Waals surface area contributed by atoms with Crippen LogP contribution in [0.1, 0.15) is 18.4 Å². The van der Waals surface area contributed by atoms with Gasteiger partial charge in [-0.2, -0.15) is 0 Å². The standard InChI is InChI=1S/C18H20N2O4S/c1-13-5-8-15(9-6-13)25-11-3-4-18(21)19-16-10-7-14(20(22)23)12-17(16)24-2/h5-10,12H,3-4,11H2,1-2H3,(H,19,21). The highest BCUT2D eigenvalue weighted by Crippen LogP contribution is 2.29. The molecule has 25 heavy (non-hydrogen) atoms.